The number of sulfonamides is 1. The number of pyridine rings is 1. The van der Waals surface area contributed by atoms with Gasteiger partial charge in [0.15, 0.2) is 0 Å². The van der Waals surface area contributed by atoms with Gasteiger partial charge in [0.2, 0.25) is 10.0 Å². The molecule has 14 heteroatoms. The van der Waals surface area contributed by atoms with Gasteiger partial charge in [0.1, 0.15) is 11.5 Å². The van der Waals surface area contributed by atoms with Gasteiger partial charge >= 0.3 is 6.03 Å². The summed E-state index contributed by atoms with van der Waals surface area (Å²) in [5, 5.41) is 8.95. The number of carbonyl (C=O) groups is 2. The second-order valence-corrected chi connectivity index (χ2v) is 16.6. The van der Waals surface area contributed by atoms with Crippen LogP contribution in [0, 0.1) is 0 Å². The Balaban J connectivity index is 0.911. The van der Waals surface area contributed by atoms with Crippen molar-refractivity contribution in [1.82, 2.24) is 19.8 Å². The highest BCUT2D eigenvalue weighted by Crippen LogP contribution is 2.47. The van der Waals surface area contributed by atoms with Crippen LogP contribution in [0.25, 0.3) is 22.2 Å². The Morgan fingerprint density at radius 3 is 2.48 bits per heavy atom. The standard InChI is InChI=1S/C34H33Cl2N5O6S/c1-34(9-10-34)48(44,45)40-32(42)20-11-19-12-21(7-8-28(19)37-16-20)38-33(43)41-22-13-23(41)15-24(14-22)46-17-25-30(39-47-31(25)18-5-6-18)29-26(35)3-2-4-27(29)36/h2-4,7-8,11-12,16,18,22-24H,5-6,9-10,13-15,17H2,1H3,(H,38,43)(H,40,42). The zero-order valence-corrected chi connectivity index (χ0v) is 28.4. The van der Waals surface area contributed by atoms with Gasteiger partial charge in [-0.2, -0.15) is 0 Å². The number of carbonyl (C=O) groups excluding carboxylic acids is 2. The van der Waals surface area contributed by atoms with E-state index in [0.717, 1.165) is 30.6 Å². The average molecular weight is 711 g/mol. The molecule has 0 radical (unpaired) electrons. The number of rotatable bonds is 9. The maximum atomic E-state index is 13.4. The molecule has 9 rings (SSSR count). The minimum absolute atomic E-state index is 0.0306. The predicted molar refractivity (Wildman–Crippen MR) is 181 cm³/mol. The normalized spacial score (nSPS) is 22.6. The summed E-state index contributed by atoms with van der Waals surface area (Å²) in [6.45, 7) is 1.94. The molecule has 3 saturated carbocycles. The van der Waals surface area contributed by atoms with Crippen molar-refractivity contribution >= 4 is 61.8 Å². The second kappa shape index (κ2) is 11.7. The molecule has 4 heterocycles. The van der Waals surface area contributed by atoms with Gasteiger partial charge in [-0.05, 0) is 88.3 Å². The minimum atomic E-state index is -3.78. The van der Waals surface area contributed by atoms with Crippen LogP contribution in [-0.2, 0) is 21.4 Å². The van der Waals surface area contributed by atoms with Crippen molar-refractivity contribution in [3.8, 4) is 11.3 Å². The van der Waals surface area contributed by atoms with Gasteiger partial charge in [-0.1, -0.05) is 34.4 Å². The molecule has 2 bridgehead atoms. The van der Waals surface area contributed by atoms with E-state index in [0.29, 0.717) is 76.1 Å². The van der Waals surface area contributed by atoms with Gasteiger partial charge in [0.05, 0.1) is 38.6 Å². The summed E-state index contributed by atoms with van der Waals surface area (Å²) in [5.74, 6) is 0.430. The number of hydrogen-bond donors (Lipinski definition) is 2. The third kappa shape index (κ3) is 5.72. The van der Waals surface area contributed by atoms with Gasteiger partial charge < -0.3 is 19.5 Å². The minimum Gasteiger partial charge on any atom is -0.373 e. The van der Waals surface area contributed by atoms with Crippen LogP contribution in [0.15, 0.2) is 53.2 Å². The maximum Gasteiger partial charge on any atom is 0.322 e. The number of hydrogen-bond acceptors (Lipinski definition) is 8. The van der Waals surface area contributed by atoms with Crippen molar-refractivity contribution in [3.05, 3.63) is 75.6 Å². The number of ether oxygens (including phenoxy) is 1. The Labute approximate surface area is 287 Å². The molecule has 2 atom stereocenters. The Bertz CT molecular complexity index is 2050. The maximum absolute atomic E-state index is 13.4. The van der Waals surface area contributed by atoms with Gasteiger partial charge in [0.25, 0.3) is 5.91 Å². The third-order valence-electron chi connectivity index (χ3n) is 10.1. The quantitative estimate of drug-likeness (QED) is 0.188. The van der Waals surface area contributed by atoms with Crippen molar-refractivity contribution < 1.29 is 27.3 Å². The van der Waals surface area contributed by atoms with Crippen molar-refractivity contribution in [3.63, 3.8) is 0 Å². The summed E-state index contributed by atoms with van der Waals surface area (Å²) in [6.07, 6.45) is 6.78. The van der Waals surface area contributed by atoms with E-state index in [1.807, 2.05) is 4.90 Å². The lowest BCUT2D eigenvalue weighted by molar-refractivity contribution is -0.0837. The molecule has 5 aliphatic rings. The van der Waals surface area contributed by atoms with Gasteiger partial charge in [-0.25, -0.2) is 17.9 Å². The topological polar surface area (TPSA) is 144 Å². The van der Waals surface area contributed by atoms with Crippen LogP contribution in [0.1, 0.15) is 79.5 Å². The van der Waals surface area contributed by atoms with E-state index in [-0.39, 0.29) is 29.8 Å². The number of urea groups is 1. The molecule has 2 aromatic heterocycles. The van der Waals surface area contributed by atoms with Crippen LogP contribution in [0.3, 0.4) is 0 Å². The molecule has 2 unspecified atom stereocenters. The summed E-state index contributed by atoms with van der Waals surface area (Å²) < 4.78 is 38.6. The largest absolute Gasteiger partial charge is 0.373 e. The number of fused-ring (bicyclic) bond motifs is 3. The number of halogens is 2. The average Bonchev–Trinajstić information content (AvgIpc) is 3.99. The van der Waals surface area contributed by atoms with Crippen LogP contribution in [0.4, 0.5) is 10.5 Å². The molecule has 11 nitrogen and oxygen atoms in total. The number of aromatic nitrogens is 2. The molecule has 2 aromatic carbocycles. The van der Waals surface area contributed by atoms with Crippen molar-refractivity contribution in [2.24, 2.45) is 0 Å². The lowest BCUT2D eigenvalue weighted by Gasteiger charge is -2.54. The van der Waals surface area contributed by atoms with Crippen LogP contribution < -0.4 is 10.0 Å². The van der Waals surface area contributed by atoms with E-state index in [4.69, 9.17) is 32.5 Å². The van der Waals surface area contributed by atoms with Crippen LogP contribution >= 0.6 is 23.2 Å². The van der Waals surface area contributed by atoms with Crippen molar-refractivity contribution in [1.29, 1.82) is 0 Å². The van der Waals surface area contributed by atoms with Crippen LogP contribution in [-0.4, -0.2) is 58.3 Å². The summed E-state index contributed by atoms with van der Waals surface area (Å²) in [7, 11) is -3.78. The fourth-order valence-electron chi connectivity index (χ4n) is 6.81. The molecule has 2 aliphatic heterocycles. The Morgan fingerprint density at radius 2 is 1.79 bits per heavy atom. The Morgan fingerprint density at radius 1 is 1.06 bits per heavy atom. The number of amides is 3. The van der Waals surface area contributed by atoms with E-state index in [1.165, 1.54) is 6.20 Å². The molecule has 2 N–H and O–H groups in total. The van der Waals surface area contributed by atoms with E-state index >= 15 is 0 Å². The highest BCUT2D eigenvalue weighted by Gasteiger charge is 2.51. The van der Waals surface area contributed by atoms with Gasteiger partial charge in [-0.3, -0.25) is 9.78 Å². The molecule has 48 heavy (non-hydrogen) atoms. The number of piperidine rings is 1. The summed E-state index contributed by atoms with van der Waals surface area (Å²) in [5.41, 5.74) is 3.43. The molecule has 0 spiro atoms. The van der Waals surface area contributed by atoms with Crippen LogP contribution in [0.2, 0.25) is 10.0 Å². The lowest BCUT2D eigenvalue weighted by atomic mass is 9.78. The van der Waals surface area contributed by atoms with E-state index in [2.05, 4.69) is 20.2 Å². The number of anilines is 1. The van der Waals surface area contributed by atoms with Gasteiger partial charge in [-0.15, -0.1) is 0 Å². The Hall–Kier alpha value is -3.71. The van der Waals surface area contributed by atoms with E-state index < -0.39 is 20.7 Å². The summed E-state index contributed by atoms with van der Waals surface area (Å²) >= 11 is 13.0. The highest BCUT2D eigenvalue weighted by atomic mass is 35.5. The molecule has 3 aliphatic carbocycles. The van der Waals surface area contributed by atoms with Crippen molar-refractivity contribution in [2.45, 2.75) is 87.3 Å². The smallest absolute Gasteiger partial charge is 0.322 e. The van der Waals surface area contributed by atoms with E-state index in [1.54, 1.807) is 49.4 Å². The van der Waals surface area contributed by atoms with E-state index in [9.17, 15) is 18.0 Å². The first-order valence-electron chi connectivity index (χ1n) is 16.1. The third-order valence-corrected chi connectivity index (χ3v) is 12.9. The molecular weight excluding hydrogens is 677 g/mol. The predicted octanol–water partition coefficient (Wildman–Crippen LogP) is 7.04. The lowest BCUT2D eigenvalue weighted by Crippen LogP contribution is -2.65. The molecule has 3 amide bonds. The Kier molecular flexibility index (Phi) is 7.70. The first-order valence-corrected chi connectivity index (χ1v) is 18.3. The molecule has 4 aromatic rings. The molecular formula is C34H33Cl2N5O6S. The first kappa shape index (κ1) is 31.6. The number of nitrogens with zero attached hydrogens (tertiary/aromatic N) is 3. The monoisotopic (exact) mass is 709 g/mol. The summed E-state index contributed by atoms with van der Waals surface area (Å²) in [4.78, 5) is 32.3. The molecule has 2 saturated heterocycles. The number of nitrogens with one attached hydrogen (secondary N) is 2. The van der Waals surface area contributed by atoms with Crippen molar-refractivity contribution in [2.75, 3.05) is 5.32 Å². The zero-order valence-electron chi connectivity index (χ0n) is 26.0. The van der Waals surface area contributed by atoms with Crippen LogP contribution in [0.5, 0.6) is 0 Å². The summed E-state index contributed by atoms with van der Waals surface area (Å²) in [6, 6.07) is 12.1. The second-order valence-electron chi connectivity index (χ2n) is 13.5. The fourth-order valence-corrected chi connectivity index (χ4v) is 8.64. The number of benzene rings is 2. The zero-order chi connectivity index (χ0) is 33.4. The van der Waals surface area contributed by atoms with Gasteiger partial charge in [0, 0.05) is 46.4 Å². The highest BCUT2D eigenvalue weighted by molar-refractivity contribution is 7.91. The molecule has 250 valence electrons. The first-order chi connectivity index (χ1) is 23.0. The SMILES string of the molecule is CC1(S(=O)(=O)NC(=O)c2cnc3ccc(NC(=O)N4C5CC(OCc6c(-c7c(Cl)cccc7Cl)noc6C6CC6)CC4C5)cc3c2)CC1. The fraction of sp³-hybridized carbons (Fsp3) is 0.412. The molecule has 5 fully saturated rings.